The van der Waals surface area contributed by atoms with Crippen LogP contribution in [0.1, 0.15) is 24.8 Å². The number of benzene rings is 1. The van der Waals surface area contributed by atoms with Gasteiger partial charge in [0, 0.05) is 0 Å². The van der Waals surface area contributed by atoms with E-state index in [0.717, 1.165) is 31.2 Å². The summed E-state index contributed by atoms with van der Waals surface area (Å²) in [6.07, 6.45) is 5.19. The molecule has 0 saturated heterocycles. The minimum absolute atomic E-state index is 0.162. The Labute approximate surface area is 99.6 Å². The summed E-state index contributed by atoms with van der Waals surface area (Å²) in [5.74, 6) is -0.386. The molecule has 0 amide bonds. The van der Waals surface area contributed by atoms with E-state index in [-0.39, 0.29) is 16.9 Å². The molecule has 0 fully saturated rings. The molecular formula is C13H14ClFO. The molecule has 0 spiro atoms. The predicted octanol–water partition coefficient (Wildman–Crippen LogP) is 3.49. The van der Waals surface area contributed by atoms with Crippen molar-refractivity contribution in [1.29, 1.82) is 0 Å². The number of halogens is 2. The van der Waals surface area contributed by atoms with Gasteiger partial charge in [-0.05, 0) is 43.4 Å². The topological polar surface area (TPSA) is 20.2 Å². The highest BCUT2D eigenvalue weighted by Gasteiger charge is 2.11. The van der Waals surface area contributed by atoms with Crippen molar-refractivity contribution in [2.45, 2.75) is 31.8 Å². The highest BCUT2D eigenvalue weighted by atomic mass is 35.5. The van der Waals surface area contributed by atoms with E-state index in [2.05, 4.69) is 0 Å². The van der Waals surface area contributed by atoms with Crippen LogP contribution in [0.15, 0.2) is 29.8 Å². The molecular weight excluding hydrogens is 227 g/mol. The predicted molar refractivity (Wildman–Crippen MR) is 63.1 cm³/mol. The van der Waals surface area contributed by atoms with Gasteiger partial charge < -0.3 is 5.11 Å². The highest BCUT2D eigenvalue weighted by molar-refractivity contribution is 6.30. The van der Waals surface area contributed by atoms with Crippen molar-refractivity contribution in [2.24, 2.45) is 0 Å². The highest BCUT2D eigenvalue weighted by Crippen LogP contribution is 2.23. The molecule has 86 valence electrons. The Morgan fingerprint density at radius 3 is 2.94 bits per heavy atom. The van der Waals surface area contributed by atoms with Crippen LogP contribution in [-0.2, 0) is 6.42 Å². The first-order valence-electron chi connectivity index (χ1n) is 5.47. The van der Waals surface area contributed by atoms with E-state index in [4.69, 9.17) is 11.6 Å². The zero-order chi connectivity index (χ0) is 11.5. The molecule has 3 heteroatoms. The van der Waals surface area contributed by atoms with Crippen LogP contribution in [0.25, 0.3) is 0 Å². The van der Waals surface area contributed by atoms with Crippen molar-refractivity contribution in [2.75, 3.05) is 0 Å². The van der Waals surface area contributed by atoms with Crippen LogP contribution in [0, 0.1) is 5.82 Å². The number of aliphatic hydroxyl groups is 1. The molecule has 1 unspecified atom stereocenters. The molecule has 0 aromatic heterocycles. The first-order chi connectivity index (χ1) is 7.65. The van der Waals surface area contributed by atoms with Crippen LogP contribution in [0.4, 0.5) is 4.39 Å². The van der Waals surface area contributed by atoms with Gasteiger partial charge in [0.15, 0.2) is 0 Å². The van der Waals surface area contributed by atoms with Crippen molar-refractivity contribution in [1.82, 2.24) is 0 Å². The Morgan fingerprint density at radius 2 is 2.25 bits per heavy atom. The summed E-state index contributed by atoms with van der Waals surface area (Å²) in [7, 11) is 0. The minimum atomic E-state index is -0.386. The Bertz CT molecular complexity index is 414. The minimum Gasteiger partial charge on any atom is -0.389 e. The number of hydrogen-bond donors (Lipinski definition) is 1. The Balaban J connectivity index is 2.11. The van der Waals surface area contributed by atoms with E-state index in [0.29, 0.717) is 0 Å². The Kier molecular flexibility index (Phi) is 3.62. The molecule has 1 atom stereocenters. The zero-order valence-corrected chi connectivity index (χ0v) is 9.67. The van der Waals surface area contributed by atoms with Gasteiger partial charge >= 0.3 is 0 Å². The third-order valence-electron chi connectivity index (χ3n) is 2.84. The number of allylic oxidation sites excluding steroid dienone is 1. The van der Waals surface area contributed by atoms with Crippen molar-refractivity contribution in [3.05, 3.63) is 46.3 Å². The molecule has 2 rings (SSSR count). The quantitative estimate of drug-likeness (QED) is 0.785. The zero-order valence-electron chi connectivity index (χ0n) is 8.92. The molecule has 0 heterocycles. The molecule has 0 saturated carbocycles. The van der Waals surface area contributed by atoms with E-state index in [9.17, 15) is 9.50 Å². The summed E-state index contributed by atoms with van der Waals surface area (Å²) >= 11 is 5.72. The lowest BCUT2D eigenvalue weighted by Gasteiger charge is -2.17. The fourth-order valence-corrected chi connectivity index (χ4v) is 2.24. The molecule has 0 aliphatic heterocycles. The third kappa shape index (κ3) is 2.83. The smallest absolute Gasteiger partial charge is 0.141 e. The normalized spacial score (nSPS) is 20.7. The van der Waals surface area contributed by atoms with Crippen molar-refractivity contribution in [3.63, 3.8) is 0 Å². The first kappa shape index (κ1) is 11.6. The van der Waals surface area contributed by atoms with Crippen molar-refractivity contribution in [3.8, 4) is 0 Å². The summed E-state index contributed by atoms with van der Waals surface area (Å²) in [5, 5.41) is 9.66. The van der Waals surface area contributed by atoms with Crippen LogP contribution in [0.5, 0.6) is 0 Å². The second-order valence-corrected chi connectivity index (χ2v) is 4.62. The van der Waals surface area contributed by atoms with E-state index in [1.807, 2.05) is 6.08 Å². The molecule has 1 aromatic carbocycles. The van der Waals surface area contributed by atoms with Crippen LogP contribution in [0.2, 0.25) is 5.02 Å². The molecule has 1 aliphatic rings. The first-order valence-corrected chi connectivity index (χ1v) is 5.84. The monoisotopic (exact) mass is 240 g/mol. The second-order valence-electron chi connectivity index (χ2n) is 4.21. The average Bonchev–Trinajstić information content (AvgIpc) is 2.24. The Hall–Kier alpha value is -0.860. The van der Waals surface area contributed by atoms with Crippen LogP contribution >= 0.6 is 11.6 Å². The number of hydrogen-bond acceptors (Lipinski definition) is 1. The molecule has 1 aromatic rings. The van der Waals surface area contributed by atoms with Gasteiger partial charge in [0.05, 0.1) is 11.1 Å². The van der Waals surface area contributed by atoms with E-state index < -0.39 is 0 Å². The van der Waals surface area contributed by atoms with Crippen molar-refractivity contribution < 1.29 is 9.50 Å². The van der Waals surface area contributed by atoms with Gasteiger partial charge in [0.2, 0.25) is 0 Å². The summed E-state index contributed by atoms with van der Waals surface area (Å²) in [5.41, 5.74) is 2.20. The van der Waals surface area contributed by atoms with E-state index in [1.54, 1.807) is 12.1 Å². The second kappa shape index (κ2) is 4.98. The summed E-state index contributed by atoms with van der Waals surface area (Å²) in [6.45, 7) is 0. The fourth-order valence-electron chi connectivity index (χ4n) is 2.04. The van der Waals surface area contributed by atoms with E-state index in [1.165, 1.54) is 11.6 Å². The SMILES string of the molecule is OC1C=C(Cc2ccc(F)c(Cl)c2)CCC1. The summed E-state index contributed by atoms with van der Waals surface area (Å²) in [4.78, 5) is 0. The molecule has 1 nitrogen and oxygen atoms in total. The number of aliphatic hydroxyl groups excluding tert-OH is 1. The van der Waals surface area contributed by atoms with Crippen molar-refractivity contribution >= 4 is 11.6 Å². The number of rotatable bonds is 2. The van der Waals surface area contributed by atoms with E-state index >= 15 is 0 Å². The van der Waals surface area contributed by atoms with Crippen LogP contribution in [0.3, 0.4) is 0 Å². The fraction of sp³-hybridized carbons (Fsp3) is 0.385. The molecule has 16 heavy (non-hydrogen) atoms. The lowest BCUT2D eigenvalue weighted by molar-refractivity contribution is 0.202. The Morgan fingerprint density at radius 1 is 1.44 bits per heavy atom. The maximum Gasteiger partial charge on any atom is 0.141 e. The van der Waals surface area contributed by atoms with Gasteiger partial charge in [-0.3, -0.25) is 0 Å². The maximum absolute atomic E-state index is 13.0. The lowest BCUT2D eigenvalue weighted by atomic mass is 9.93. The molecule has 1 N–H and O–H groups in total. The van der Waals surface area contributed by atoms with Gasteiger partial charge in [0.1, 0.15) is 5.82 Å². The summed E-state index contributed by atoms with van der Waals surface area (Å²) in [6, 6.07) is 4.78. The van der Waals surface area contributed by atoms with Gasteiger partial charge in [-0.2, -0.15) is 0 Å². The lowest BCUT2D eigenvalue weighted by Crippen LogP contribution is -2.10. The van der Waals surface area contributed by atoms with Gasteiger partial charge in [0.25, 0.3) is 0 Å². The third-order valence-corrected chi connectivity index (χ3v) is 3.13. The average molecular weight is 241 g/mol. The van der Waals surface area contributed by atoms with Gasteiger partial charge in [-0.25, -0.2) is 4.39 Å². The molecule has 1 aliphatic carbocycles. The molecule has 0 bridgehead atoms. The van der Waals surface area contributed by atoms with Gasteiger partial charge in [-0.15, -0.1) is 0 Å². The summed E-state index contributed by atoms with van der Waals surface area (Å²) < 4.78 is 13.0. The standard InChI is InChI=1S/C13H14ClFO/c14-12-8-10(4-5-13(12)15)6-9-2-1-3-11(16)7-9/h4-5,7-8,11,16H,1-3,6H2. The maximum atomic E-state index is 13.0. The van der Waals surface area contributed by atoms with Crippen LogP contribution < -0.4 is 0 Å². The van der Waals surface area contributed by atoms with Crippen LogP contribution in [-0.4, -0.2) is 11.2 Å². The largest absolute Gasteiger partial charge is 0.389 e. The van der Waals surface area contributed by atoms with Gasteiger partial charge in [-0.1, -0.05) is 29.3 Å². The molecule has 0 radical (unpaired) electrons.